The van der Waals surface area contributed by atoms with Gasteiger partial charge in [-0.2, -0.15) is 0 Å². The summed E-state index contributed by atoms with van der Waals surface area (Å²) < 4.78 is 32.4. The van der Waals surface area contributed by atoms with Gasteiger partial charge in [0.2, 0.25) is 15.9 Å². The molecular weight excluding hydrogens is 442 g/mol. The number of hydrogen-bond donors (Lipinski definition) is 1. The van der Waals surface area contributed by atoms with Gasteiger partial charge in [0.15, 0.2) is 5.76 Å². The van der Waals surface area contributed by atoms with Crippen LogP contribution in [0.15, 0.2) is 46.9 Å². The Morgan fingerprint density at radius 3 is 2.24 bits per heavy atom. The number of carbonyl (C=O) groups excluding carboxylic acids is 2. The zero-order chi connectivity index (χ0) is 23.4. The van der Waals surface area contributed by atoms with E-state index in [0.717, 1.165) is 5.56 Å². The van der Waals surface area contributed by atoms with Crippen LogP contribution in [0.2, 0.25) is 0 Å². The third-order valence-electron chi connectivity index (χ3n) is 6.49. The lowest BCUT2D eigenvalue weighted by molar-refractivity contribution is -0.137. The van der Waals surface area contributed by atoms with Crippen molar-refractivity contribution in [1.82, 2.24) is 14.5 Å². The average molecular weight is 474 g/mol. The Kier molecular flexibility index (Phi) is 7.19. The summed E-state index contributed by atoms with van der Waals surface area (Å²) in [6, 6.07) is 12.6. The number of amides is 2. The average Bonchev–Trinajstić information content (AvgIpc) is 3.26. The molecular formula is C24H31N3O5S. The highest BCUT2D eigenvalue weighted by atomic mass is 32.2. The van der Waals surface area contributed by atoms with Crippen LogP contribution in [0.3, 0.4) is 0 Å². The number of likely N-dealkylation sites (tertiary alicyclic amines) is 1. The van der Waals surface area contributed by atoms with Gasteiger partial charge in [-0.25, -0.2) is 12.7 Å². The van der Waals surface area contributed by atoms with Gasteiger partial charge in [-0.05, 0) is 50.3 Å². The molecule has 2 aliphatic heterocycles. The Labute approximate surface area is 195 Å². The number of nitrogens with one attached hydrogen (secondary N) is 1. The zero-order valence-electron chi connectivity index (χ0n) is 18.9. The Morgan fingerprint density at radius 1 is 0.970 bits per heavy atom. The highest BCUT2D eigenvalue weighted by molar-refractivity contribution is 7.88. The molecule has 0 spiro atoms. The van der Waals surface area contributed by atoms with Crippen LogP contribution in [0, 0.1) is 12.8 Å². The van der Waals surface area contributed by atoms with Gasteiger partial charge < -0.3 is 14.6 Å². The maximum Gasteiger partial charge on any atom is 0.287 e. The maximum atomic E-state index is 13.0. The van der Waals surface area contributed by atoms with E-state index in [2.05, 4.69) is 5.32 Å². The molecule has 8 nitrogen and oxygen atoms in total. The molecule has 1 aromatic carbocycles. The molecule has 2 aliphatic rings. The number of sulfonamides is 1. The summed E-state index contributed by atoms with van der Waals surface area (Å²) in [6.07, 6.45) is 2.48. The Balaban J connectivity index is 1.23. The number of carbonyl (C=O) groups is 2. The van der Waals surface area contributed by atoms with Gasteiger partial charge in [0, 0.05) is 38.1 Å². The second-order valence-electron chi connectivity index (χ2n) is 8.90. The van der Waals surface area contributed by atoms with Gasteiger partial charge in [-0.15, -0.1) is 0 Å². The molecule has 0 aliphatic carbocycles. The van der Waals surface area contributed by atoms with Crippen molar-refractivity contribution in [2.45, 2.75) is 44.4 Å². The van der Waals surface area contributed by atoms with E-state index in [9.17, 15) is 18.0 Å². The first-order chi connectivity index (χ1) is 15.8. The van der Waals surface area contributed by atoms with E-state index < -0.39 is 10.0 Å². The Bertz CT molecular complexity index is 1070. The van der Waals surface area contributed by atoms with Crippen LogP contribution in [0.4, 0.5) is 0 Å². The van der Waals surface area contributed by atoms with Crippen molar-refractivity contribution in [2.24, 2.45) is 5.92 Å². The molecule has 1 N–H and O–H groups in total. The fourth-order valence-electron chi connectivity index (χ4n) is 4.57. The van der Waals surface area contributed by atoms with E-state index in [4.69, 9.17) is 4.42 Å². The molecule has 2 saturated heterocycles. The number of nitrogens with zero attached hydrogens (tertiary/aromatic N) is 2. The number of furan rings is 1. The van der Waals surface area contributed by atoms with E-state index in [1.54, 1.807) is 19.1 Å². The first kappa shape index (κ1) is 23.5. The Morgan fingerprint density at radius 2 is 1.64 bits per heavy atom. The van der Waals surface area contributed by atoms with Gasteiger partial charge in [0.05, 0.1) is 5.75 Å². The fraction of sp³-hybridized carbons (Fsp3) is 0.500. The molecule has 3 heterocycles. The van der Waals surface area contributed by atoms with E-state index in [1.165, 1.54) is 4.31 Å². The molecule has 0 radical (unpaired) electrons. The summed E-state index contributed by atoms with van der Waals surface area (Å²) in [6.45, 7) is 3.73. The predicted octanol–water partition coefficient (Wildman–Crippen LogP) is 2.55. The minimum Gasteiger partial charge on any atom is -0.456 e. The van der Waals surface area contributed by atoms with Crippen LogP contribution in [0.1, 0.15) is 47.6 Å². The number of rotatable bonds is 6. The van der Waals surface area contributed by atoms with Gasteiger partial charge in [-0.1, -0.05) is 30.3 Å². The topological polar surface area (TPSA) is 99.9 Å². The zero-order valence-corrected chi connectivity index (χ0v) is 19.7. The highest BCUT2D eigenvalue weighted by Gasteiger charge is 2.34. The first-order valence-electron chi connectivity index (χ1n) is 11.5. The monoisotopic (exact) mass is 473 g/mol. The molecule has 2 amide bonds. The van der Waals surface area contributed by atoms with E-state index in [-0.39, 0.29) is 29.5 Å². The molecule has 4 rings (SSSR count). The predicted molar refractivity (Wildman–Crippen MR) is 124 cm³/mol. The van der Waals surface area contributed by atoms with Crippen LogP contribution in [-0.2, 0) is 20.6 Å². The second kappa shape index (κ2) is 10.1. The normalized spacial score (nSPS) is 18.9. The van der Waals surface area contributed by atoms with Crippen molar-refractivity contribution in [1.29, 1.82) is 0 Å². The van der Waals surface area contributed by atoms with E-state index in [0.29, 0.717) is 63.4 Å². The summed E-state index contributed by atoms with van der Waals surface area (Å²) in [4.78, 5) is 27.1. The molecule has 33 heavy (non-hydrogen) atoms. The van der Waals surface area contributed by atoms with Gasteiger partial charge >= 0.3 is 0 Å². The summed E-state index contributed by atoms with van der Waals surface area (Å²) >= 11 is 0. The number of aryl methyl sites for hydroxylation is 1. The number of benzene rings is 1. The highest BCUT2D eigenvalue weighted by Crippen LogP contribution is 2.25. The third-order valence-corrected chi connectivity index (χ3v) is 8.34. The summed E-state index contributed by atoms with van der Waals surface area (Å²) in [7, 11) is -3.39. The lowest BCUT2D eigenvalue weighted by Crippen LogP contribution is -2.50. The first-order valence-corrected chi connectivity index (χ1v) is 13.1. The molecule has 2 aromatic rings. The van der Waals surface area contributed by atoms with E-state index in [1.807, 2.05) is 35.2 Å². The summed E-state index contributed by atoms with van der Waals surface area (Å²) in [5.41, 5.74) is 0.771. The molecule has 0 unspecified atom stereocenters. The quantitative estimate of drug-likeness (QED) is 0.695. The maximum absolute atomic E-state index is 13.0. The van der Waals surface area contributed by atoms with Crippen molar-refractivity contribution in [3.63, 3.8) is 0 Å². The molecule has 0 saturated carbocycles. The van der Waals surface area contributed by atoms with Gasteiger partial charge in [0.1, 0.15) is 5.76 Å². The van der Waals surface area contributed by atoms with Crippen molar-refractivity contribution in [2.75, 3.05) is 26.2 Å². The van der Waals surface area contributed by atoms with Crippen molar-refractivity contribution < 1.29 is 22.4 Å². The summed E-state index contributed by atoms with van der Waals surface area (Å²) in [5.74, 6) is 0.715. The molecule has 1 aromatic heterocycles. The van der Waals surface area contributed by atoms with Crippen molar-refractivity contribution in [3.05, 3.63) is 59.5 Å². The van der Waals surface area contributed by atoms with Crippen LogP contribution < -0.4 is 5.32 Å². The van der Waals surface area contributed by atoms with Gasteiger partial charge in [-0.3, -0.25) is 9.59 Å². The lowest BCUT2D eigenvalue weighted by Gasteiger charge is -2.37. The largest absolute Gasteiger partial charge is 0.456 e. The van der Waals surface area contributed by atoms with Crippen LogP contribution >= 0.6 is 0 Å². The van der Waals surface area contributed by atoms with Crippen LogP contribution in [0.25, 0.3) is 0 Å². The van der Waals surface area contributed by atoms with Crippen molar-refractivity contribution >= 4 is 21.8 Å². The van der Waals surface area contributed by atoms with Crippen LogP contribution in [-0.4, -0.2) is 61.7 Å². The molecule has 0 atom stereocenters. The fourth-order valence-corrected chi connectivity index (χ4v) is 6.14. The third kappa shape index (κ3) is 5.83. The smallest absolute Gasteiger partial charge is 0.287 e. The van der Waals surface area contributed by atoms with Crippen LogP contribution in [0.5, 0.6) is 0 Å². The minimum absolute atomic E-state index is 0.0107. The van der Waals surface area contributed by atoms with E-state index >= 15 is 0 Å². The molecule has 178 valence electrons. The second-order valence-corrected chi connectivity index (χ2v) is 10.9. The number of hydrogen-bond acceptors (Lipinski definition) is 5. The number of piperidine rings is 2. The molecule has 0 bridgehead atoms. The molecule has 2 fully saturated rings. The SMILES string of the molecule is Cc1ccc(C(=O)NC2CCN(C(=O)C3CCN(S(=O)(=O)Cc4ccccc4)CC3)CC2)o1. The minimum atomic E-state index is -3.39. The Hall–Kier alpha value is -2.65. The van der Waals surface area contributed by atoms with Crippen molar-refractivity contribution in [3.8, 4) is 0 Å². The molecule has 9 heteroatoms. The lowest BCUT2D eigenvalue weighted by atomic mass is 9.95. The standard InChI is InChI=1S/C24H31N3O5S/c1-18-7-8-22(32-18)23(28)25-21-11-13-26(14-12-21)24(29)20-9-15-27(16-10-20)33(30,31)17-19-5-3-2-4-6-19/h2-8,20-21H,9-17H2,1H3,(H,25,28). The van der Waals surface area contributed by atoms with Gasteiger partial charge in [0.25, 0.3) is 5.91 Å². The summed E-state index contributed by atoms with van der Waals surface area (Å²) in [5, 5.41) is 2.99.